The van der Waals surface area contributed by atoms with Gasteiger partial charge < -0.3 is 10.7 Å². The molecule has 4 N–H and O–H groups in total. The summed E-state index contributed by atoms with van der Waals surface area (Å²) in [5.74, 6) is 0. The van der Waals surface area contributed by atoms with E-state index in [0.717, 1.165) is 6.20 Å². The van der Waals surface area contributed by atoms with Gasteiger partial charge in [0.2, 0.25) is 0 Å². The Morgan fingerprint density at radius 3 is 2.40 bits per heavy atom. The van der Waals surface area contributed by atoms with E-state index in [4.69, 9.17) is 5.73 Å². The number of nitrogen functional groups attached to an aromatic ring is 1. The second kappa shape index (κ2) is 4.09. The van der Waals surface area contributed by atoms with Gasteiger partial charge in [-0.15, -0.1) is 0 Å². The predicted molar refractivity (Wildman–Crippen MR) is 39.2 cm³/mol. The molecular formula is C4H6KN3O2. The van der Waals surface area contributed by atoms with Crippen LogP contribution in [0.5, 0.6) is 0 Å². The quantitative estimate of drug-likeness (QED) is 0.390. The Kier molecular flexibility index (Phi) is 4.14. The van der Waals surface area contributed by atoms with Crippen molar-refractivity contribution in [2.24, 2.45) is 0 Å². The molecule has 0 radical (unpaired) electrons. The second-order valence-corrected chi connectivity index (χ2v) is 1.53. The van der Waals surface area contributed by atoms with Crippen LogP contribution in [0.1, 0.15) is 0 Å². The van der Waals surface area contributed by atoms with Gasteiger partial charge in [-0.05, 0) is 0 Å². The third-order valence-electron chi connectivity index (χ3n) is 0.848. The van der Waals surface area contributed by atoms with Gasteiger partial charge in [-0.1, -0.05) is 0 Å². The fourth-order valence-corrected chi connectivity index (χ4v) is 0.420. The van der Waals surface area contributed by atoms with Crippen LogP contribution in [0.2, 0.25) is 0 Å². The van der Waals surface area contributed by atoms with E-state index >= 15 is 0 Å². The number of hydrogen-bond donors (Lipinski definition) is 3. The minimum atomic E-state index is -0.557. The third-order valence-corrected chi connectivity index (χ3v) is 0.848. The molecule has 1 aromatic rings. The normalized spacial score (nSPS) is 8.40. The molecule has 50 valence electrons. The molecule has 6 heteroatoms. The molecule has 1 rings (SSSR count). The minimum absolute atomic E-state index is 0. The number of nitrogens with one attached hydrogen (secondary N) is 2. The van der Waals surface area contributed by atoms with Crippen molar-refractivity contribution in [2.75, 3.05) is 5.73 Å². The van der Waals surface area contributed by atoms with Crippen molar-refractivity contribution in [1.29, 1.82) is 0 Å². The zero-order valence-corrected chi connectivity index (χ0v) is 4.47. The summed E-state index contributed by atoms with van der Waals surface area (Å²) < 4.78 is 0. The van der Waals surface area contributed by atoms with E-state index in [9.17, 15) is 9.59 Å². The SMILES string of the molecule is Nc1c[nH]c(=O)[nH]c1=O.[KH]. The van der Waals surface area contributed by atoms with Gasteiger partial charge in [0.1, 0.15) is 5.69 Å². The molecule has 0 bridgehead atoms. The molecule has 0 aliphatic carbocycles. The Hall–Kier alpha value is 0.116. The Balaban J connectivity index is 0.000000810. The van der Waals surface area contributed by atoms with Crippen LogP contribution in [0.4, 0.5) is 5.69 Å². The Morgan fingerprint density at radius 2 is 2.00 bits per heavy atom. The van der Waals surface area contributed by atoms with Crippen molar-refractivity contribution in [3.8, 4) is 0 Å². The number of hydrogen-bond acceptors (Lipinski definition) is 3. The van der Waals surface area contributed by atoms with Crippen molar-refractivity contribution in [1.82, 2.24) is 9.97 Å². The number of anilines is 1. The molecule has 0 saturated heterocycles. The maximum absolute atomic E-state index is 10.4. The van der Waals surface area contributed by atoms with E-state index < -0.39 is 11.2 Å². The molecule has 0 saturated carbocycles. The van der Waals surface area contributed by atoms with Crippen LogP contribution >= 0.6 is 0 Å². The molecule has 0 atom stereocenters. The van der Waals surface area contributed by atoms with Gasteiger partial charge in [0, 0.05) is 6.20 Å². The summed E-state index contributed by atoms with van der Waals surface area (Å²) in [6.07, 6.45) is 1.15. The Bertz CT molecular complexity index is 315. The van der Waals surface area contributed by atoms with Gasteiger partial charge >= 0.3 is 57.1 Å². The Morgan fingerprint density at radius 1 is 1.40 bits per heavy atom. The van der Waals surface area contributed by atoms with E-state index in [-0.39, 0.29) is 57.1 Å². The summed E-state index contributed by atoms with van der Waals surface area (Å²) in [5.41, 5.74) is 3.98. The van der Waals surface area contributed by atoms with Crippen LogP contribution in [-0.4, -0.2) is 61.4 Å². The molecule has 0 aliphatic rings. The number of rotatable bonds is 0. The topological polar surface area (TPSA) is 91.7 Å². The van der Waals surface area contributed by atoms with Gasteiger partial charge in [-0.25, -0.2) is 4.79 Å². The van der Waals surface area contributed by atoms with Crippen molar-refractivity contribution < 1.29 is 0 Å². The summed E-state index contributed by atoms with van der Waals surface area (Å²) in [5, 5.41) is 0. The first kappa shape index (κ1) is 10.1. The molecule has 0 unspecified atom stereocenters. The monoisotopic (exact) mass is 167 g/mol. The van der Waals surface area contributed by atoms with Gasteiger partial charge in [-0.3, -0.25) is 9.78 Å². The fourth-order valence-electron chi connectivity index (χ4n) is 0.420. The number of H-pyrrole nitrogens is 2. The first-order chi connectivity index (χ1) is 4.20. The van der Waals surface area contributed by atoms with Crippen molar-refractivity contribution >= 4 is 57.1 Å². The Labute approximate surface area is 98.5 Å². The molecule has 0 fully saturated rings. The van der Waals surface area contributed by atoms with Crippen molar-refractivity contribution in [2.45, 2.75) is 0 Å². The van der Waals surface area contributed by atoms with Crippen molar-refractivity contribution in [3.63, 3.8) is 0 Å². The van der Waals surface area contributed by atoms with E-state index in [1.54, 1.807) is 0 Å². The summed E-state index contributed by atoms with van der Waals surface area (Å²) in [7, 11) is 0. The van der Waals surface area contributed by atoms with Crippen LogP contribution < -0.4 is 17.0 Å². The number of nitrogens with two attached hydrogens (primary N) is 1. The zero-order valence-electron chi connectivity index (χ0n) is 4.47. The van der Waals surface area contributed by atoms with Gasteiger partial charge in [0.25, 0.3) is 5.56 Å². The molecule has 10 heavy (non-hydrogen) atoms. The third kappa shape index (κ3) is 2.39. The van der Waals surface area contributed by atoms with Gasteiger partial charge in [0.15, 0.2) is 0 Å². The molecule has 5 nitrogen and oxygen atoms in total. The molecule has 0 aliphatic heterocycles. The van der Waals surface area contributed by atoms with E-state index in [2.05, 4.69) is 4.98 Å². The first-order valence-electron chi connectivity index (χ1n) is 2.27. The van der Waals surface area contributed by atoms with E-state index in [0.29, 0.717) is 0 Å². The summed E-state index contributed by atoms with van der Waals surface area (Å²) in [6, 6.07) is 0. The van der Waals surface area contributed by atoms with E-state index in [1.807, 2.05) is 4.98 Å². The predicted octanol–water partition coefficient (Wildman–Crippen LogP) is -2.00. The fraction of sp³-hybridized carbons (Fsp3) is 0. The van der Waals surface area contributed by atoms with Crippen LogP contribution in [0.15, 0.2) is 15.8 Å². The number of aromatic amines is 2. The summed E-state index contributed by atoms with van der Waals surface area (Å²) in [6.45, 7) is 0. The maximum atomic E-state index is 10.4. The average molecular weight is 167 g/mol. The van der Waals surface area contributed by atoms with Crippen LogP contribution in [0.25, 0.3) is 0 Å². The van der Waals surface area contributed by atoms with Gasteiger partial charge in [0.05, 0.1) is 0 Å². The zero-order chi connectivity index (χ0) is 6.85. The molecule has 0 aromatic carbocycles. The van der Waals surface area contributed by atoms with E-state index in [1.165, 1.54) is 0 Å². The molecule has 0 spiro atoms. The average Bonchev–Trinajstić information content (AvgIpc) is 1.80. The molecule has 1 heterocycles. The summed E-state index contributed by atoms with van der Waals surface area (Å²) >= 11 is 0. The van der Waals surface area contributed by atoms with Gasteiger partial charge in [-0.2, -0.15) is 0 Å². The number of aromatic nitrogens is 2. The van der Waals surface area contributed by atoms with Crippen molar-refractivity contribution in [3.05, 3.63) is 27.0 Å². The second-order valence-electron chi connectivity index (χ2n) is 1.53. The van der Waals surface area contributed by atoms with Crippen LogP contribution in [-0.2, 0) is 0 Å². The standard InChI is InChI=1S/C4H5N3O2.K.H/c5-2-1-6-4(9)7-3(2)8;;/h1H,5H2,(H2,6,7,8,9);;. The summed E-state index contributed by atoms with van der Waals surface area (Å²) in [4.78, 5) is 24.9. The molecular weight excluding hydrogens is 161 g/mol. The molecule has 0 amide bonds. The van der Waals surface area contributed by atoms with Crippen LogP contribution in [0.3, 0.4) is 0 Å². The molecule has 1 aromatic heterocycles. The first-order valence-corrected chi connectivity index (χ1v) is 2.27. The van der Waals surface area contributed by atoms with Crippen LogP contribution in [0, 0.1) is 0 Å².